The Balaban J connectivity index is 2.12. The van der Waals surface area contributed by atoms with Gasteiger partial charge in [-0.25, -0.2) is 4.98 Å². The molecule has 0 aliphatic carbocycles. The maximum Gasteiger partial charge on any atom is 0.416 e. The lowest BCUT2D eigenvalue weighted by atomic mass is 10.2. The van der Waals surface area contributed by atoms with Crippen LogP contribution in [0.3, 0.4) is 0 Å². The number of alkyl halides is 3. The van der Waals surface area contributed by atoms with E-state index in [9.17, 15) is 13.2 Å². The van der Waals surface area contributed by atoms with E-state index in [0.717, 1.165) is 42.6 Å². The molecule has 0 saturated heterocycles. The summed E-state index contributed by atoms with van der Waals surface area (Å²) in [5, 5.41) is 3.84. The molecule has 0 aliphatic rings. The van der Waals surface area contributed by atoms with Crippen LogP contribution < -0.4 is 5.32 Å². The second-order valence-corrected chi connectivity index (χ2v) is 5.36. The van der Waals surface area contributed by atoms with Gasteiger partial charge in [0.1, 0.15) is 0 Å². The van der Waals surface area contributed by atoms with Crippen LogP contribution in [0, 0.1) is 0 Å². The van der Waals surface area contributed by atoms with Crippen molar-refractivity contribution in [3.63, 3.8) is 0 Å². The Morgan fingerprint density at radius 3 is 2.74 bits per heavy atom. The van der Waals surface area contributed by atoms with Gasteiger partial charge in [0, 0.05) is 6.54 Å². The third-order valence-electron chi connectivity index (χ3n) is 2.77. The van der Waals surface area contributed by atoms with Gasteiger partial charge in [-0.1, -0.05) is 31.1 Å². The highest BCUT2D eigenvalue weighted by atomic mass is 32.1. The van der Waals surface area contributed by atoms with Gasteiger partial charge in [0.2, 0.25) is 0 Å². The first-order valence-electron chi connectivity index (χ1n) is 6.22. The third kappa shape index (κ3) is 3.59. The van der Waals surface area contributed by atoms with E-state index >= 15 is 0 Å². The van der Waals surface area contributed by atoms with E-state index in [4.69, 9.17) is 0 Å². The summed E-state index contributed by atoms with van der Waals surface area (Å²) >= 11 is 1.39. The van der Waals surface area contributed by atoms with Gasteiger partial charge in [-0.15, -0.1) is 0 Å². The first-order chi connectivity index (χ1) is 9.00. The fraction of sp³-hybridized carbons (Fsp3) is 0.462. The second kappa shape index (κ2) is 5.77. The predicted octanol–water partition coefficient (Wildman–Crippen LogP) is 4.92. The maximum absolute atomic E-state index is 12.6. The Kier molecular flexibility index (Phi) is 4.29. The zero-order valence-corrected chi connectivity index (χ0v) is 11.4. The minimum Gasteiger partial charge on any atom is -0.361 e. The Morgan fingerprint density at radius 1 is 1.26 bits per heavy atom. The summed E-state index contributed by atoms with van der Waals surface area (Å²) in [6, 6.07) is 3.68. The van der Waals surface area contributed by atoms with Crippen LogP contribution in [0.4, 0.5) is 18.3 Å². The first-order valence-corrected chi connectivity index (χ1v) is 7.04. The van der Waals surface area contributed by atoms with Crippen LogP contribution in [0.5, 0.6) is 0 Å². The smallest absolute Gasteiger partial charge is 0.361 e. The summed E-state index contributed by atoms with van der Waals surface area (Å²) in [6.07, 6.45) is -1.00. The van der Waals surface area contributed by atoms with Crippen molar-refractivity contribution in [1.82, 2.24) is 4.98 Å². The van der Waals surface area contributed by atoms with Gasteiger partial charge < -0.3 is 5.32 Å². The number of nitrogens with zero attached hydrogens (tertiary/aromatic N) is 1. The third-order valence-corrected chi connectivity index (χ3v) is 3.77. The Hall–Kier alpha value is -1.30. The van der Waals surface area contributed by atoms with E-state index in [1.165, 1.54) is 17.4 Å². The molecule has 1 heterocycles. The fourth-order valence-corrected chi connectivity index (χ4v) is 2.62. The normalized spacial score (nSPS) is 12.0. The zero-order valence-electron chi connectivity index (χ0n) is 10.5. The van der Waals surface area contributed by atoms with Crippen molar-refractivity contribution in [2.24, 2.45) is 0 Å². The molecule has 2 rings (SSSR count). The number of hydrogen-bond donors (Lipinski definition) is 1. The van der Waals surface area contributed by atoms with Crippen LogP contribution in [0.1, 0.15) is 31.7 Å². The highest BCUT2D eigenvalue weighted by Gasteiger charge is 2.30. The summed E-state index contributed by atoms with van der Waals surface area (Å²) < 4.78 is 38.5. The number of nitrogens with one attached hydrogen (secondary N) is 1. The number of hydrogen-bond acceptors (Lipinski definition) is 3. The molecule has 0 fully saturated rings. The second-order valence-electron chi connectivity index (χ2n) is 4.33. The Morgan fingerprint density at radius 2 is 2.05 bits per heavy atom. The van der Waals surface area contributed by atoms with Crippen molar-refractivity contribution >= 4 is 26.7 Å². The molecule has 2 nitrogen and oxygen atoms in total. The van der Waals surface area contributed by atoms with Crippen LogP contribution in [-0.2, 0) is 6.18 Å². The Bertz CT molecular complexity index is 548. The van der Waals surface area contributed by atoms with Crippen LogP contribution in [0.25, 0.3) is 10.2 Å². The number of halogens is 3. The summed E-state index contributed by atoms with van der Waals surface area (Å²) in [4.78, 5) is 4.19. The first kappa shape index (κ1) is 14.1. The fourth-order valence-electron chi connectivity index (χ4n) is 1.75. The molecule has 0 spiro atoms. The van der Waals surface area contributed by atoms with Crippen molar-refractivity contribution in [3.05, 3.63) is 23.8 Å². The average Bonchev–Trinajstić information content (AvgIpc) is 2.75. The maximum atomic E-state index is 12.6. The molecule has 0 radical (unpaired) electrons. The van der Waals surface area contributed by atoms with Crippen molar-refractivity contribution in [2.75, 3.05) is 11.9 Å². The van der Waals surface area contributed by atoms with E-state index < -0.39 is 11.7 Å². The molecular weight excluding hydrogens is 273 g/mol. The van der Waals surface area contributed by atoms with Gasteiger partial charge in [-0.3, -0.25) is 0 Å². The van der Waals surface area contributed by atoms with Crippen molar-refractivity contribution in [2.45, 2.75) is 32.4 Å². The SMILES string of the molecule is CCCCCNc1nc2cc(C(F)(F)F)ccc2s1. The topological polar surface area (TPSA) is 24.9 Å². The molecule has 1 aromatic carbocycles. The van der Waals surface area contributed by atoms with Crippen LogP contribution in [0.2, 0.25) is 0 Å². The molecule has 0 saturated carbocycles. The highest BCUT2D eigenvalue weighted by molar-refractivity contribution is 7.22. The minimum absolute atomic E-state index is 0.401. The van der Waals surface area contributed by atoms with Gasteiger partial charge in [0.25, 0.3) is 0 Å². The van der Waals surface area contributed by atoms with Gasteiger partial charge in [0.05, 0.1) is 15.8 Å². The summed E-state index contributed by atoms with van der Waals surface area (Å²) in [6.45, 7) is 2.93. The van der Waals surface area contributed by atoms with Gasteiger partial charge in [-0.2, -0.15) is 13.2 Å². The number of rotatable bonds is 5. The number of thiazole rings is 1. The number of benzene rings is 1. The zero-order chi connectivity index (χ0) is 13.9. The average molecular weight is 288 g/mol. The molecule has 0 bridgehead atoms. The monoisotopic (exact) mass is 288 g/mol. The largest absolute Gasteiger partial charge is 0.416 e. The van der Waals surface area contributed by atoms with E-state index in [0.29, 0.717) is 10.6 Å². The van der Waals surface area contributed by atoms with Crippen LogP contribution >= 0.6 is 11.3 Å². The highest BCUT2D eigenvalue weighted by Crippen LogP contribution is 2.33. The number of aromatic nitrogens is 1. The minimum atomic E-state index is -4.31. The molecule has 0 atom stereocenters. The van der Waals surface area contributed by atoms with Crippen molar-refractivity contribution < 1.29 is 13.2 Å². The summed E-state index contributed by atoms with van der Waals surface area (Å²) in [5.41, 5.74) is -0.249. The lowest BCUT2D eigenvalue weighted by Gasteiger charge is -2.04. The lowest BCUT2D eigenvalue weighted by Crippen LogP contribution is -2.04. The molecule has 6 heteroatoms. The number of unbranched alkanes of at least 4 members (excludes halogenated alkanes) is 2. The van der Waals surface area contributed by atoms with Crippen LogP contribution in [-0.4, -0.2) is 11.5 Å². The van der Waals surface area contributed by atoms with Gasteiger partial charge in [0.15, 0.2) is 5.13 Å². The predicted molar refractivity (Wildman–Crippen MR) is 72.6 cm³/mol. The van der Waals surface area contributed by atoms with E-state index in [2.05, 4.69) is 17.2 Å². The van der Waals surface area contributed by atoms with E-state index in [-0.39, 0.29) is 0 Å². The molecule has 0 aliphatic heterocycles. The molecule has 1 aromatic heterocycles. The standard InChI is InChI=1S/C13H15F3N2S/c1-2-3-4-7-17-12-18-10-8-9(13(14,15)16)5-6-11(10)19-12/h5-6,8H,2-4,7H2,1H3,(H,17,18). The number of fused-ring (bicyclic) bond motifs is 1. The quantitative estimate of drug-likeness (QED) is 0.790. The summed E-state index contributed by atoms with van der Waals surface area (Å²) in [7, 11) is 0. The van der Waals surface area contributed by atoms with E-state index in [1.54, 1.807) is 0 Å². The lowest BCUT2D eigenvalue weighted by molar-refractivity contribution is -0.137. The molecule has 104 valence electrons. The van der Waals surface area contributed by atoms with Crippen molar-refractivity contribution in [1.29, 1.82) is 0 Å². The van der Waals surface area contributed by atoms with Crippen molar-refractivity contribution in [3.8, 4) is 0 Å². The van der Waals surface area contributed by atoms with Gasteiger partial charge in [-0.05, 0) is 24.6 Å². The molecule has 0 amide bonds. The molecule has 19 heavy (non-hydrogen) atoms. The van der Waals surface area contributed by atoms with E-state index in [1.807, 2.05) is 0 Å². The summed E-state index contributed by atoms with van der Waals surface area (Å²) in [5.74, 6) is 0. The van der Waals surface area contributed by atoms with Gasteiger partial charge >= 0.3 is 6.18 Å². The Labute approximate surface area is 113 Å². The number of anilines is 1. The molecule has 2 aromatic rings. The molecule has 0 unspecified atom stereocenters. The van der Waals surface area contributed by atoms with Crippen LogP contribution in [0.15, 0.2) is 18.2 Å². The molecular formula is C13H15F3N2S. The molecule has 1 N–H and O–H groups in total.